The molecule has 0 aliphatic rings. The molecule has 0 atom stereocenters. The minimum Gasteiger partial charge on any atom is -0.457 e. The van der Waals surface area contributed by atoms with Crippen molar-refractivity contribution in [3.63, 3.8) is 0 Å². The molecule has 7 nitrogen and oxygen atoms in total. The van der Waals surface area contributed by atoms with Gasteiger partial charge in [0.05, 0.1) is 4.92 Å². The molecular weight excluding hydrogens is 362 g/mol. The molecule has 0 bridgehead atoms. The lowest BCUT2D eigenvalue weighted by molar-refractivity contribution is -0.385. The van der Waals surface area contributed by atoms with E-state index in [0.717, 1.165) is 11.6 Å². The molecule has 2 aromatic carbocycles. The monoisotopic (exact) mass is 373 g/mol. The first-order chi connectivity index (χ1) is 12.3. The van der Waals surface area contributed by atoms with E-state index in [9.17, 15) is 19.7 Å². The highest BCUT2D eigenvalue weighted by atomic mass is 35.5. The summed E-state index contributed by atoms with van der Waals surface area (Å²) in [7, 11) is 0. The molecule has 0 N–H and O–H groups in total. The number of aryl methyl sites for hydroxylation is 1. The molecule has 3 aromatic rings. The van der Waals surface area contributed by atoms with Crippen molar-refractivity contribution in [3.05, 3.63) is 84.7 Å². The van der Waals surface area contributed by atoms with Crippen LogP contribution in [0.3, 0.4) is 0 Å². The number of carbonyl (C=O) groups is 1. The first-order valence-corrected chi connectivity index (χ1v) is 7.87. The van der Waals surface area contributed by atoms with E-state index in [0.29, 0.717) is 16.5 Å². The zero-order valence-corrected chi connectivity index (χ0v) is 14.3. The van der Waals surface area contributed by atoms with E-state index >= 15 is 0 Å². The molecule has 3 rings (SSSR count). The number of rotatable bonds is 4. The third-order valence-corrected chi connectivity index (χ3v) is 3.95. The minimum atomic E-state index is -0.910. The smallest absolute Gasteiger partial charge is 0.345 e. The van der Waals surface area contributed by atoms with Crippen LogP contribution in [0.25, 0.3) is 11.0 Å². The zero-order valence-electron chi connectivity index (χ0n) is 13.5. The maximum absolute atomic E-state index is 12.3. The third kappa shape index (κ3) is 3.57. The Labute approximate surface area is 151 Å². The van der Waals surface area contributed by atoms with Crippen molar-refractivity contribution in [1.82, 2.24) is 0 Å². The van der Waals surface area contributed by atoms with Gasteiger partial charge in [0.15, 0.2) is 0 Å². The Kier molecular flexibility index (Phi) is 4.73. The van der Waals surface area contributed by atoms with Crippen LogP contribution in [0.5, 0.6) is 0 Å². The lowest BCUT2D eigenvalue weighted by Gasteiger charge is -2.08. The van der Waals surface area contributed by atoms with E-state index < -0.39 is 22.2 Å². The third-order valence-electron chi connectivity index (χ3n) is 3.72. The second kappa shape index (κ2) is 6.97. The number of carbonyl (C=O) groups excluding carboxylic acids is 1. The first kappa shape index (κ1) is 17.6. The molecule has 0 spiro atoms. The molecule has 0 aliphatic heterocycles. The summed E-state index contributed by atoms with van der Waals surface area (Å²) in [4.78, 5) is 34.4. The molecule has 8 heteroatoms. The predicted molar refractivity (Wildman–Crippen MR) is 94.4 cm³/mol. The van der Waals surface area contributed by atoms with Crippen LogP contribution in [0.15, 0.2) is 51.7 Å². The topological polar surface area (TPSA) is 99.6 Å². The number of hydrogen-bond donors (Lipinski definition) is 0. The fourth-order valence-corrected chi connectivity index (χ4v) is 2.68. The Hall–Kier alpha value is -3.19. The van der Waals surface area contributed by atoms with Crippen LogP contribution in [0.2, 0.25) is 5.02 Å². The van der Waals surface area contributed by atoms with E-state index in [1.165, 1.54) is 18.2 Å². The minimum absolute atomic E-state index is 0.170. The maximum Gasteiger partial charge on any atom is 0.345 e. The second-order valence-corrected chi connectivity index (χ2v) is 6.02. The van der Waals surface area contributed by atoms with Gasteiger partial charge in [0.1, 0.15) is 17.8 Å². The lowest BCUT2D eigenvalue weighted by atomic mass is 10.1. The molecule has 0 amide bonds. The Morgan fingerprint density at radius 2 is 2.00 bits per heavy atom. The normalized spacial score (nSPS) is 10.7. The number of hydrogen-bond acceptors (Lipinski definition) is 6. The van der Waals surface area contributed by atoms with Crippen LogP contribution in [-0.2, 0) is 11.3 Å². The molecule has 0 radical (unpaired) electrons. The highest BCUT2D eigenvalue weighted by Crippen LogP contribution is 2.25. The van der Waals surface area contributed by atoms with Gasteiger partial charge in [0.2, 0.25) is 0 Å². The van der Waals surface area contributed by atoms with E-state index in [-0.39, 0.29) is 17.2 Å². The van der Waals surface area contributed by atoms with Gasteiger partial charge in [-0.25, -0.2) is 9.59 Å². The number of nitrogens with zero attached hydrogens (tertiary/aromatic N) is 1. The van der Waals surface area contributed by atoms with Crippen molar-refractivity contribution in [2.24, 2.45) is 0 Å². The van der Waals surface area contributed by atoms with Gasteiger partial charge in [-0.15, -0.1) is 0 Å². The largest absolute Gasteiger partial charge is 0.457 e. The molecule has 1 heterocycles. The van der Waals surface area contributed by atoms with Gasteiger partial charge in [-0.05, 0) is 30.7 Å². The molecule has 0 saturated carbocycles. The average molecular weight is 374 g/mol. The summed E-state index contributed by atoms with van der Waals surface area (Å²) in [6, 6.07) is 10.1. The summed E-state index contributed by atoms with van der Waals surface area (Å²) >= 11 is 5.81. The maximum atomic E-state index is 12.3. The summed E-state index contributed by atoms with van der Waals surface area (Å²) in [5, 5.41) is 11.8. The number of fused-ring (bicyclic) bond motifs is 1. The number of esters is 1. The van der Waals surface area contributed by atoms with Crippen LogP contribution >= 0.6 is 11.6 Å². The van der Waals surface area contributed by atoms with Crippen molar-refractivity contribution in [2.75, 3.05) is 0 Å². The van der Waals surface area contributed by atoms with Crippen LogP contribution in [0, 0.1) is 17.0 Å². The molecular formula is C18H12ClNO6. The quantitative estimate of drug-likeness (QED) is 0.296. The molecule has 0 aliphatic carbocycles. The molecule has 26 heavy (non-hydrogen) atoms. The Morgan fingerprint density at radius 1 is 1.23 bits per heavy atom. The zero-order chi connectivity index (χ0) is 18.8. The fraction of sp³-hybridized carbons (Fsp3) is 0.111. The summed E-state index contributed by atoms with van der Waals surface area (Å²) in [5.41, 5.74) is 0.469. The van der Waals surface area contributed by atoms with E-state index in [4.69, 9.17) is 20.8 Å². The van der Waals surface area contributed by atoms with Gasteiger partial charge in [-0.2, -0.15) is 0 Å². The standard InChI is InChI=1S/C18H12ClNO6/c1-10-2-4-13-11(7-17(21)26-16(13)6-10)9-25-18(22)14-8-12(19)3-5-15(14)20(23)24/h2-8H,9H2,1H3. The average Bonchev–Trinajstić information content (AvgIpc) is 2.58. The van der Waals surface area contributed by atoms with Gasteiger partial charge < -0.3 is 9.15 Å². The molecule has 132 valence electrons. The van der Waals surface area contributed by atoms with Crippen LogP contribution in [0.1, 0.15) is 21.5 Å². The van der Waals surface area contributed by atoms with Gasteiger partial charge >= 0.3 is 11.6 Å². The van der Waals surface area contributed by atoms with Crippen molar-refractivity contribution in [1.29, 1.82) is 0 Å². The van der Waals surface area contributed by atoms with Gasteiger partial charge in [-0.1, -0.05) is 23.7 Å². The number of nitro benzene ring substituents is 1. The summed E-state index contributed by atoms with van der Waals surface area (Å²) < 4.78 is 10.3. The second-order valence-electron chi connectivity index (χ2n) is 5.59. The summed E-state index contributed by atoms with van der Waals surface area (Å²) in [6.45, 7) is 1.61. The SMILES string of the molecule is Cc1ccc2c(COC(=O)c3cc(Cl)ccc3[N+](=O)[O-])cc(=O)oc2c1. The molecule has 0 fully saturated rings. The summed E-state index contributed by atoms with van der Waals surface area (Å²) in [5.74, 6) is -0.910. The van der Waals surface area contributed by atoms with Crippen LogP contribution < -0.4 is 5.63 Å². The van der Waals surface area contributed by atoms with Gasteiger partial charge in [0.25, 0.3) is 5.69 Å². The van der Waals surface area contributed by atoms with Crippen molar-refractivity contribution < 1.29 is 18.9 Å². The van der Waals surface area contributed by atoms with Crippen molar-refractivity contribution >= 4 is 34.2 Å². The number of ether oxygens (including phenoxy) is 1. The lowest BCUT2D eigenvalue weighted by Crippen LogP contribution is -2.10. The Morgan fingerprint density at radius 3 is 2.73 bits per heavy atom. The van der Waals surface area contributed by atoms with E-state index in [1.54, 1.807) is 12.1 Å². The predicted octanol–water partition coefficient (Wildman–Crippen LogP) is 4.02. The van der Waals surface area contributed by atoms with Crippen LogP contribution in [0.4, 0.5) is 5.69 Å². The Bertz CT molecular complexity index is 1090. The van der Waals surface area contributed by atoms with Crippen molar-refractivity contribution in [3.8, 4) is 0 Å². The van der Waals surface area contributed by atoms with Crippen LogP contribution in [-0.4, -0.2) is 10.9 Å². The van der Waals surface area contributed by atoms with E-state index in [2.05, 4.69) is 0 Å². The highest BCUT2D eigenvalue weighted by molar-refractivity contribution is 6.31. The van der Waals surface area contributed by atoms with Gasteiger partial charge in [0, 0.05) is 28.1 Å². The fourth-order valence-electron chi connectivity index (χ4n) is 2.51. The molecule has 0 unspecified atom stereocenters. The number of benzene rings is 2. The molecule has 1 aromatic heterocycles. The summed E-state index contributed by atoms with van der Waals surface area (Å²) in [6.07, 6.45) is 0. The van der Waals surface area contributed by atoms with Crippen molar-refractivity contribution in [2.45, 2.75) is 13.5 Å². The number of halogens is 1. The Balaban J connectivity index is 1.92. The number of nitro groups is 1. The van der Waals surface area contributed by atoms with Gasteiger partial charge in [-0.3, -0.25) is 10.1 Å². The highest BCUT2D eigenvalue weighted by Gasteiger charge is 2.22. The first-order valence-electron chi connectivity index (χ1n) is 7.49. The molecule has 0 saturated heterocycles. The van der Waals surface area contributed by atoms with E-state index in [1.807, 2.05) is 13.0 Å².